The van der Waals surface area contributed by atoms with Crippen molar-refractivity contribution < 1.29 is 26.4 Å². The highest BCUT2D eigenvalue weighted by atomic mass is 32.2. The summed E-state index contributed by atoms with van der Waals surface area (Å²) in [5.74, 6) is -0.0878. The van der Waals surface area contributed by atoms with E-state index in [4.69, 9.17) is 0 Å². The Labute approximate surface area is 163 Å². The predicted molar refractivity (Wildman–Crippen MR) is 99.2 cm³/mol. The molecule has 1 aromatic rings. The molecule has 1 saturated heterocycles. The van der Waals surface area contributed by atoms with Gasteiger partial charge in [0, 0.05) is 32.7 Å². The maximum absolute atomic E-state index is 12.6. The van der Waals surface area contributed by atoms with Crippen LogP contribution in [0.25, 0.3) is 0 Å². The number of carbonyl (C=O) groups is 1. The van der Waals surface area contributed by atoms with Crippen molar-refractivity contribution in [1.82, 2.24) is 14.5 Å². The number of amides is 1. The molecule has 10 heteroatoms. The third kappa shape index (κ3) is 6.18. The summed E-state index contributed by atoms with van der Waals surface area (Å²) in [7, 11) is -3.86. The number of carbonyl (C=O) groups excluding carboxylic acids is 1. The van der Waals surface area contributed by atoms with E-state index in [0.717, 1.165) is 43.5 Å². The number of halogens is 3. The Morgan fingerprint density at radius 2 is 1.68 bits per heavy atom. The lowest BCUT2D eigenvalue weighted by atomic mass is 10.2. The highest BCUT2D eigenvalue weighted by Gasteiger charge is 2.32. The molecule has 0 unspecified atom stereocenters. The molecule has 158 valence electrons. The van der Waals surface area contributed by atoms with E-state index in [9.17, 15) is 26.4 Å². The second-order valence-electron chi connectivity index (χ2n) is 6.76. The largest absolute Gasteiger partial charge is 0.416 e. The van der Waals surface area contributed by atoms with Crippen LogP contribution in [0.4, 0.5) is 13.2 Å². The van der Waals surface area contributed by atoms with Crippen LogP contribution in [0, 0.1) is 0 Å². The minimum Gasteiger partial charge on any atom is -0.355 e. The molecule has 1 fully saturated rings. The first-order chi connectivity index (χ1) is 13.1. The Balaban J connectivity index is 1.87. The number of rotatable bonds is 8. The number of unbranched alkanes of at least 4 members (excludes halogenated alkanes) is 2. The standard InChI is InChI=1S/C18H26F3N3O3S/c1-2-3-4-9-22-17(25)14-23-10-12-24(13-11-23)28(26,27)16-7-5-15(6-8-16)18(19,20)21/h5-8H,2-4,9-14H2,1H3,(H,22,25). The van der Waals surface area contributed by atoms with E-state index >= 15 is 0 Å². The van der Waals surface area contributed by atoms with Crippen LogP contribution >= 0.6 is 0 Å². The fourth-order valence-electron chi connectivity index (χ4n) is 2.95. The van der Waals surface area contributed by atoms with Crippen LogP contribution in [0.1, 0.15) is 31.7 Å². The second-order valence-corrected chi connectivity index (χ2v) is 8.70. The van der Waals surface area contributed by atoms with Crippen molar-refractivity contribution in [2.24, 2.45) is 0 Å². The lowest BCUT2D eigenvalue weighted by Gasteiger charge is -2.33. The van der Waals surface area contributed by atoms with Crippen LogP contribution in [0.3, 0.4) is 0 Å². The van der Waals surface area contributed by atoms with E-state index in [0.29, 0.717) is 19.6 Å². The first kappa shape index (κ1) is 22.6. The molecule has 2 rings (SSSR count). The van der Waals surface area contributed by atoms with Crippen LogP contribution in [-0.4, -0.2) is 62.8 Å². The number of alkyl halides is 3. The predicted octanol–water partition coefficient (Wildman–Crippen LogP) is 2.32. The summed E-state index contributed by atoms with van der Waals surface area (Å²) in [4.78, 5) is 13.6. The minimum atomic E-state index is -4.51. The molecule has 0 bridgehead atoms. The number of piperazine rings is 1. The quantitative estimate of drug-likeness (QED) is 0.654. The van der Waals surface area contributed by atoms with Crippen molar-refractivity contribution in [2.45, 2.75) is 37.3 Å². The molecule has 1 amide bonds. The third-order valence-electron chi connectivity index (χ3n) is 4.62. The van der Waals surface area contributed by atoms with Gasteiger partial charge >= 0.3 is 6.18 Å². The first-order valence-corrected chi connectivity index (χ1v) is 10.7. The highest BCUT2D eigenvalue weighted by Crippen LogP contribution is 2.30. The van der Waals surface area contributed by atoms with Gasteiger partial charge in [-0.15, -0.1) is 0 Å². The van der Waals surface area contributed by atoms with Gasteiger partial charge in [-0.05, 0) is 30.7 Å². The zero-order valence-electron chi connectivity index (χ0n) is 15.8. The van der Waals surface area contributed by atoms with Crippen LogP contribution in [0.15, 0.2) is 29.2 Å². The van der Waals surface area contributed by atoms with Gasteiger partial charge in [0.25, 0.3) is 0 Å². The molecule has 1 aromatic carbocycles. The Bertz CT molecular complexity index is 744. The summed E-state index contributed by atoms with van der Waals surface area (Å²) in [6, 6.07) is 3.50. The van der Waals surface area contributed by atoms with E-state index in [-0.39, 0.29) is 30.4 Å². The first-order valence-electron chi connectivity index (χ1n) is 9.31. The fourth-order valence-corrected chi connectivity index (χ4v) is 4.38. The molecule has 0 radical (unpaired) electrons. The average molecular weight is 421 g/mol. The normalized spacial score (nSPS) is 16.9. The van der Waals surface area contributed by atoms with Crippen molar-refractivity contribution in [3.05, 3.63) is 29.8 Å². The Morgan fingerprint density at radius 3 is 2.21 bits per heavy atom. The maximum atomic E-state index is 12.6. The van der Waals surface area contributed by atoms with E-state index < -0.39 is 21.8 Å². The Kier molecular flexibility index (Phi) is 7.85. The molecule has 0 saturated carbocycles. The number of nitrogens with one attached hydrogen (secondary N) is 1. The molecular formula is C18H26F3N3O3S. The van der Waals surface area contributed by atoms with E-state index in [1.807, 2.05) is 4.90 Å². The third-order valence-corrected chi connectivity index (χ3v) is 6.53. The number of hydrogen-bond donors (Lipinski definition) is 1. The summed E-state index contributed by atoms with van der Waals surface area (Å²) in [6.07, 6.45) is -1.45. The number of nitrogens with zero attached hydrogens (tertiary/aromatic N) is 2. The molecule has 0 spiro atoms. The molecule has 28 heavy (non-hydrogen) atoms. The van der Waals surface area contributed by atoms with Gasteiger partial charge in [-0.1, -0.05) is 19.8 Å². The summed E-state index contributed by atoms with van der Waals surface area (Å²) in [6.45, 7) is 4.08. The van der Waals surface area contributed by atoms with Crippen LogP contribution < -0.4 is 5.32 Å². The summed E-state index contributed by atoms with van der Waals surface area (Å²) >= 11 is 0. The van der Waals surface area contributed by atoms with Gasteiger partial charge in [0.05, 0.1) is 17.0 Å². The van der Waals surface area contributed by atoms with Crippen LogP contribution in [0.5, 0.6) is 0 Å². The van der Waals surface area contributed by atoms with Crippen molar-refractivity contribution >= 4 is 15.9 Å². The number of hydrogen-bond acceptors (Lipinski definition) is 4. The Morgan fingerprint density at radius 1 is 1.07 bits per heavy atom. The van der Waals surface area contributed by atoms with Gasteiger partial charge < -0.3 is 5.32 Å². The minimum absolute atomic E-state index is 0.0878. The lowest BCUT2D eigenvalue weighted by Crippen LogP contribution is -2.51. The molecule has 1 N–H and O–H groups in total. The molecule has 1 aliphatic heterocycles. The second kappa shape index (κ2) is 9.71. The Hall–Kier alpha value is -1.65. The van der Waals surface area contributed by atoms with E-state index in [2.05, 4.69) is 12.2 Å². The van der Waals surface area contributed by atoms with Gasteiger partial charge in [0.2, 0.25) is 15.9 Å². The molecule has 0 atom stereocenters. The van der Waals surface area contributed by atoms with Crippen LogP contribution in [-0.2, 0) is 21.0 Å². The SMILES string of the molecule is CCCCCNC(=O)CN1CCN(S(=O)(=O)c2ccc(C(F)(F)F)cc2)CC1. The van der Waals surface area contributed by atoms with Gasteiger partial charge in [-0.2, -0.15) is 17.5 Å². The van der Waals surface area contributed by atoms with Crippen LogP contribution in [0.2, 0.25) is 0 Å². The topological polar surface area (TPSA) is 69.7 Å². The van der Waals surface area contributed by atoms with E-state index in [1.165, 1.54) is 4.31 Å². The smallest absolute Gasteiger partial charge is 0.355 e. The van der Waals surface area contributed by atoms with Gasteiger partial charge in [-0.25, -0.2) is 8.42 Å². The summed E-state index contributed by atoms with van der Waals surface area (Å²) < 4.78 is 64.4. The van der Waals surface area contributed by atoms with Gasteiger partial charge in [-0.3, -0.25) is 9.69 Å². The van der Waals surface area contributed by atoms with Crippen molar-refractivity contribution in [2.75, 3.05) is 39.3 Å². The number of sulfonamides is 1. The molecule has 6 nitrogen and oxygen atoms in total. The fraction of sp³-hybridized carbons (Fsp3) is 0.611. The maximum Gasteiger partial charge on any atom is 0.416 e. The molecule has 1 aliphatic rings. The zero-order chi connectivity index (χ0) is 20.8. The highest BCUT2D eigenvalue weighted by molar-refractivity contribution is 7.89. The van der Waals surface area contributed by atoms with Crippen molar-refractivity contribution in [3.63, 3.8) is 0 Å². The number of benzene rings is 1. The molecule has 1 heterocycles. The molecular weight excluding hydrogens is 395 g/mol. The molecule has 0 aliphatic carbocycles. The summed E-state index contributed by atoms with van der Waals surface area (Å²) in [5, 5.41) is 2.85. The van der Waals surface area contributed by atoms with Crippen molar-refractivity contribution in [1.29, 1.82) is 0 Å². The van der Waals surface area contributed by atoms with E-state index in [1.54, 1.807) is 0 Å². The van der Waals surface area contributed by atoms with Gasteiger partial charge in [0.15, 0.2) is 0 Å². The summed E-state index contributed by atoms with van der Waals surface area (Å²) in [5.41, 5.74) is -0.888. The zero-order valence-corrected chi connectivity index (χ0v) is 16.7. The van der Waals surface area contributed by atoms with Crippen molar-refractivity contribution in [3.8, 4) is 0 Å². The lowest BCUT2D eigenvalue weighted by molar-refractivity contribution is -0.137. The monoisotopic (exact) mass is 421 g/mol. The van der Waals surface area contributed by atoms with Gasteiger partial charge in [0.1, 0.15) is 0 Å². The molecule has 0 aromatic heterocycles. The average Bonchev–Trinajstić information content (AvgIpc) is 2.65.